The lowest BCUT2D eigenvalue weighted by molar-refractivity contribution is 0.202. The van der Waals surface area contributed by atoms with Gasteiger partial charge in [-0.15, -0.1) is 0 Å². The van der Waals surface area contributed by atoms with E-state index in [2.05, 4.69) is 15.9 Å². The molecule has 14 heavy (non-hydrogen) atoms. The van der Waals surface area contributed by atoms with E-state index in [-0.39, 0.29) is 11.4 Å². The van der Waals surface area contributed by atoms with E-state index in [1.54, 1.807) is 12.1 Å². The molecule has 1 saturated heterocycles. The van der Waals surface area contributed by atoms with Gasteiger partial charge in [-0.2, -0.15) is 0 Å². The molecule has 0 N–H and O–H groups in total. The first-order valence-corrected chi connectivity index (χ1v) is 5.10. The lowest BCUT2D eigenvalue weighted by Gasteiger charge is -2.08. The summed E-state index contributed by atoms with van der Waals surface area (Å²) in [7, 11) is 0. The van der Waals surface area contributed by atoms with Crippen LogP contribution in [0.2, 0.25) is 0 Å². The van der Waals surface area contributed by atoms with Gasteiger partial charge in [0.05, 0.1) is 11.1 Å². The highest BCUT2D eigenvalue weighted by Gasteiger charge is 2.40. The molecule has 1 fully saturated rings. The maximum atomic E-state index is 12.9. The predicted octanol–water partition coefficient (Wildman–Crippen LogP) is 2.76. The molecule has 0 aliphatic carbocycles. The van der Waals surface area contributed by atoms with Gasteiger partial charge in [-0.1, -0.05) is 0 Å². The van der Waals surface area contributed by atoms with Gasteiger partial charge in [-0.25, -0.2) is 4.39 Å². The van der Waals surface area contributed by atoms with Crippen molar-refractivity contribution >= 4 is 15.9 Å². The minimum Gasteiger partial charge on any atom is -0.490 e. The molecule has 1 unspecified atom stereocenters. The highest BCUT2D eigenvalue weighted by molar-refractivity contribution is 9.10. The topological polar surface area (TPSA) is 21.8 Å². The second-order valence-corrected chi connectivity index (χ2v) is 4.46. The van der Waals surface area contributed by atoms with Crippen molar-refractivity contribution in [3.05, 3.63) is 28.5 Å². The molecule has 0 spiro atoms. The highest BCUT2D eigenvalue weighted by atomic mass is 79.9. The van der Waals surface area contributed by atoms with Crippen molar-refractivity contribution in [1.82, 2.24) is 0 Å². The Labute approximate surface area is 90.1 Å². The van der Waals surface area contributed by atoms with Crippen LogP contribution in [-0.2, 0) is 4.74 Å². The van der Waals surface area contributed by atoms with Crippen molar-refractivity contribution in [3.8, 4) is 5.75 Å². The van der Waals surface area contributed by atoms with Gasteiger partial charge in [0.1, 0.15) is 23.8 Å². The van der Waals surface area contributed by atoms with Gasteiger partial charge in [0, 0.05) is 0 Å². The van der Waals surface area contributed by atoms with Gasteiger partial charge in [0.15, 0.2) is 0 Å². The molecule has 1 aromatic rings. The predicted molar refractivity (Wildman–Crippen MR) is 54.0 cm³/mol. The normalized spacial score (nSPS) is 24.8. The molecule has 0 amide bonds. The summed E-state index contributed by atoms with van der Waals surface area (Å²) >= 11 is 3.10. The fourth-order valence-corrected chi connectivity index (χ4v) is 1.37. The minimum atomic E-state index is -0.286. The van der Waals surface area contributed by atoms with E-state index >= 15 is 0 Å². The molecule has 2 nitrogen and oxygen atoms in total. The number of epoxide rings is 1. The summed E-state index contributed by atoms with van der Waals surface area (Å²) in [6, 6.07) is 4.59. The summed E-state index contributed by atoms with van der Waals surface area (Å²) in [5, 5.41) is 0. The lowest BCUT2D eigenvalue weighted by atomic mass is 10.2. The van der Waals surface area contributed by atoms with Crippen LogP contribution in [0.5, 0.6) is 5.75 Å². The quantitative estimate of drug-likeness (QED) is 0.780. The average Bonchev–Trinajstić information content (AvgIpc) is 2.87. The first kappa shape index (κ1) is 9.93. The second-order valence-electron chi connectivity index (χ2n) is 3.60. The standard InChI is InChI=1S/C10H10BrFO2/c1-10(6-14-10)5-13-7-2-3-9(12)8(11)4-7/h2-4H,5-6H2,1H3. The molecule has 0 radical (unpaired) electrons. The van der Waals surface area contributed by atoms with Crippen LogP contribution in [0.1, 0.15) is 6.92 Å². The van der Waals surface area contributed by atoms with Crippen LogP contribution in [0.25, 0.3) is 0 Å². The van der Waals surface area contributed by atoms with Crippen molar-refractivity contribution < 1.29 is 13.9 Å². The Morgan fingerprint density at radius 1 is 1.64 bits per heavy atom. The van der Waals surface area contributed by atoms with Crippen molar-refractivity contribution in [2.24, 2.45) is 0 Å². The van der Waals surface area contributed by atoms with Crippen LogP contribution in [0.4, 0.5) is 4.39 Å². The van der Waals surface area contributed by atoms with Crippen LogP contribution in [0, 0.1) is 5.82 Å². The third-order valence-electron chi connectivity index (χ3n) is 2.07. The molecule has 76 valence electrons. The Balaban J connectivity index is 1.99. The second kappa shape index (κ2) is 3.51. The third kappa shape index (κ3) is 2.25. The first-order valence-electron chi connectivity index (χ1n) is 4.31. The smallest absolute Gasteiger partial charge is 0.137 e. The van der Waals surface area contributed by atoms with Crippen molar-refractivity contribution in [2.75, 3.05) is 13.2 Å². The first-order chi connectivity index (χ1) is 6.59. The molecule has 0 aromatic heterocycles. The Hall–Kier alpha value is -0.610. The Bertz CT molecular complexity index is 350. The number of benzene rings is 1. The third-order valence-corrected chi connectivity index (χ3v) is 2.68. The number of halogens is 2. The van der Waals surface area contributed by atoms with Gasteiger partial charge in [0.25, 0.3) is 0 Å². The van der Waals surface area contributed by atoms with E-state index < -0.39 is 0 Å². The molecule has 1 aromatic carbocycles. The summed E-state index contributed by atoms with van der Waals surface area (Å²) in [5.41, 5.74) is -0.138. The van der Waals surface area contributed by atoms with E-state index in [1.165, 1.54) is 6.07 Å². The van der Waals surface area contributed by atoms with E-state index in [0.29, 0.717) is 16.8 Å². The Morgan fingerprint density at radius 2 is 2.36 bits per heavy atom. The van der Waals surface area contributed by atoms with Gasteiger partial charge in [0.2, 0.25) is 0 Å². The van der Waals surface area contributed by atoms with E-state index in [4.69, 9.17) is 9.47 Å². The number of hydrogen-bond donors (Lipinski definition) is 0. The van der Waals surface area contributed by atoms with Crippen molar-refractivity contribution in [3.63, 3.8) is 0 Å². The lowest BCUT2D eigenvalue weighted by Crippen LogP contribution is -2.16. The fraction of sp³-hybridized carbons (Fsp3) is 0.400. The molecule has 4 heteroatoms. The largest absolute Gasteiger partial charge is 0.490 e. The van der Waals surface area contributed by atoms with E-state index in [0.717, 1.165) is 6.61 Å². The Morgan fingerprint density at radius 3 is 2.93 bits per heavy atom. The summed E-state index contributed by atoms with van der Waals surface area (Å²) in [6.45, 7) is 3.21. The maximum Gasteiger partial charge on any atom is 0.137 e. The molecule has 1 heterocycles. The molecule has 1 aliphatic heterocycles. The van der Waals surface area contributed by atoms with Gasteiger partial charge in [-0.05, 0) is 41.1 Å². The number of hydrogen-bond acceptors (Lipinski definition) is 2. The number of ether oxygens (including phenoxy) is 2. The Kier molecular flexibility index (Phi) is 2.49. The zero-order valence-corrected chi connectivity index (χ0v) is 9.30. The van der Waals surface area contributed by atoms with Crippen LogP contribution in [0.3, 0.4) is 0 Å². The molecular formula is C10H10BrFO2. The minimum absolute atomic E-state index is 0.138. The van der Waals surface area contributed by atoms with Gasteiger partial charge >= 0.3 is 0 Å². The highest BCUT2D eigenvalue weighted by Crippen LogP contribution is 2.28. The van der Waals surface area contributed by atoms with Crippen LogP contribution < -0.4 is 4.74 Å². The summed E-state index contributed by atoms with van der Waals surface area (Å²) < 4.78 is 23.9. The average molecular weight is 261 g/mol. The van der Waals surface area contributed by atoms with Crippen LogP contribution in [-0.4, -0.2) is 18.8 Å². The van der Waals surface area contributed by atoms with E-state index in [1.807, 2.05) is 6.92 Å². The molecule has 1 aliphatic rings. The SMILES string of the molecule is CC1(COc2ccc(F)c(Br)c2)CO1. The molecule has 2 rings (SSSR count). The monoisotopic (exact) mass is 260 g/mol. The zero-order chi connectivity index (χ0) is 10.2. The van der Waals surface area contributed by atoms with E-state index in [9.17, 15) is 4.39 Å². The summed E-state index contributed by atoms with van der Waals surface area (Å²) in [4.78, 5) is 0. The van der Waals surface area contributed by atoms with Crippen molar-refractivity contribution in [1.29, 1.82) is 0 Å². The van der Waals surface area contributed by atoms with Gasteiger partial charge in [-0.3, -0.25) is 0 Å². The number of rotatable bonds is 3. The molecule has 1 atom stereocenters. The van der Waals surface area contributed by atoms with Crippen LogP contribution >= 0.6 is 15.9 Å². The molecular weight excluding hydrogens is 251 g/mol. The van der Waals surface area contributed by atoms with Gasteiger partial charge < -0.3 is 9.47 Å². The summed E-state index contributed by atoms with van der Waals surface area (Å²) in [6.07, 6.45) is 0. The van der Waals surface area contributed by atoms with Crippen LogP contribution in [0.15, 0.2) is 22.7 Å². The zero-order valence-electron chi connectivity index (χ0n) is 7.72. The molecule has 0 saturated carbocycles. The summed E-state index contributed by atoms with van der Waals surface area (Å²) in [5.74, 6) is 0.362. The van der Waals surface area contributed by atoms with Crippen molar-refractivity contribution in [2.45, 2.75) is 12.5 Å². The molecule has 0 bridgehead atoms. The maximum absolute atomic E-state index is 12.9. The fourth-order valence-electron chi connectivity index (χ4n) is 1.01.